The monoisotopic (exact) mass is 300 g/mol. The zero-order valence-electron chi connectivity index (χ0n) is 11.9. The normalized spacial score (nSPS) is 15.7. The van der Waals surface area contributed by atoms with Crippen LogP contribution in [0.2, 0.25) is 0 Å². The number of benzene rings is 1. The molecular weight excluding hydrogens is 284 g/mol. The van der Waals surface area contributed by atoms with Crippen LogP contribution in [0.3, 0.4) is 0 Å². The average molecular weight is 300 g/mol. The van der Waals surface area contributed by atoms with Crippen LogP contribution in [0, 0.1) is 5.92 Å². The molecule has 0 atom stereocenters. The highest BCUT2D eigenvalue weighted by Gasteiger charge is 2.26. The molecule has 1 aromatic carbocycles. The highest BCUT2D eigenvalue weighted by molar-refractivity contribution is 5.95. The van der Waals surface area contributed by atoms with Crippen molar-refractivity contribution in [1.82, 2.24) is 25.1 Å². The lowest BCUT2D eigenvalue weighted by Gasteiger charge is -2.30. The number of amides is 2. The molecule has 3 rings (SSSR count). The third kappa shape index (κ3) is 2.80. The second-order valence-corrected chi connectivity index (χ2v) is 5.27. The number of rotatable bonds is 3. The first-order valence-corrected chi connectivity index (χ1v) is 7.07. The van der Waals surface area contributed by atoms with E-state index in [-0.39, 0.29) is 17.7 Å². The fourth-order valence-electron chi connectivity index (χ4n) is 2.61. The number of hydrogen-bond acceptors (Lipinski definition) is 5. The van der Waals surface area contributed by atoms with Gasteiger partial charge in [-0.05, 0) is 41.5 Å². The Hall–Kier alpha value is -2.77. The minimum Gasteiger partial charge on any atom is -0.369 e. The van der Waals surface area contributed by atoms with Crippen molar-refractivity contribution in [1.29, 1.82) is 0 Å². The molecule has 0 spiro atoms. The van der Waals surface area contributed by atoms with E-state index in [2.05, 4.69) is 15.5 Å². The van der Waals surface area contributed by atoms with Crippen molar-refractivity contribution in [3.63, 3.8) is 0 Å². The number of nitrogens with two attached hydrogens (primary N) is 1. The fraction of sp³-hybridized carbons (Fsp3) is 0.357. The Bertz CT molecular complexity index is 676. The summed E-state index contributed by atoms with van der Waals surface area (Å²) in [5.41, 5.74) is 6.61. The Kier molecular flexibility index (Phi) is 3.82. The first kappa shape index (κ1) is 14.2. The van der Waals surface area contributed by atoms with Gasteiger partial charge in [-0.25, -0.2) is 4.68 Å². The number of carbonyl (C=O) groups is 2. The lowest BCUT2D eigenvalue weighted by Crippen LogP contribution is -2.41. The lowest BCUT2D eigenvalue weighted by atomic mass is 9.96. The number of nitrogens with zero attached hydrogens (tertiary/aromatic N) is 5. The van der Waals surface area contributed by atoms with Gasteiger partial charge < -0.3 is 10.6 Å². The van der Waals surface area contributed by atoms with Crippen molar-refractivity contribution >= 4 is 11.8 Å². The van der Waals surface area contributed by atoms with E-state index in [1.165, 1.54) is 11.0 Å². The topological polar surface area (TPSA) is 107 Å². The second-order valence-electron chi connectivity index (χ2n) is 5.27. The van der Waals surface area contributed by atoms with E-state index < -0.39 is 0 Å². The van der Waals surface area contributed by atoms with Gasteiger partial charge in [-0.2, -0.15) is 0 Å². The first-order chi connectivity index (χ1) is 10.6. The quantitative estimate of drug-likeness (QED) is 0.858. The van der Waals surface area contributed by atoms with Crippen LogP contribution in [-0.2, 0) is 4.79 Å². The van der Waals surface area contributed by atoms with E-state index in [0.717, 1.165) is 5.69 Å². The summed E-state index contributed by atoms with van der Waals surface area (Å²) in [5, 5.41) is 11.0. The zero-order chi connectivity index (χ0) is 15.5. The van der Waals surface area contributed by atoms with Crippen molar-refractivity contribution < 1.29 is 9.59 Å². The number of piperidine rings is 1. The van der Waals surface area contributed by atoms with E-state index in [1.807, 2.05) is 6.07 Å². The van der Waals surface area contributed by atoms with E-state index in [4.69, 9.17) is 5.73 Å². The Morgan fingerprint density at radius 1 is 1.23 bits per heavy atom. The summed E-state index contributed by atoms with van der Waals surface area (Å²) in [5.74, 6) is -0.470. The van der Waals surface area contributed by atoms with Gasteiger partial charge in [0.25, 0.3) is 5.91 Å². The van der Waals surface area contributed by atoms with Crippen LogP contribution in [0.4, 0.5) is 0 Å². The molecule has 0 unspecified atom stereocenters. The molecule has 22 heavy (non-hydrogen) atoms. The SMILES string of the molecule is NC(=O)C1CCN(C(=O)c2cccc(-n3cnnn3)c2)CC1. The molecule has 114 valence electrons. The molecule has 2 N–H and O–H groups in total. The maximum Gasteiger partial charge on any atom is 0.253 e. The summed E-state index contributed by atoms with van der Waals surface area (Å²) in [6, 6.07) is 7.13. The standard InChI is InChI=1S/C14H16N6O2/c15-13(21)10-4-6-19(7-5-10)14(22)11-2-1-3-12(8-11)20-9-16-17-18-20/h1-3,8-10H,4-7H2,(H2,15,21). The Balaban J connectivity index is 1.73. The highest BCUT2D eigenvalue weighted by Crippen LogP contribution is 2.19. The summed E-state index contributed by atoms with van der Waals surface area (Å²) < 4.78 is 1.50. The van der Waals surface area contributed by atoms with Gasteiger partial charge in [0, 0.05) is 24.6 Å². The molecule has 2 amide bonds. The number of tetrazole rings is 1. The smallest absolute Gasteiger partial charge is 0.253 e. The van der Waals surface area contributed by atoms with Crippen LogP contribution >= 0.6 is 0 Å². The zero-order valence-corrected chi connectivity index (χ0v) is 11.9. The lowest BCUT2D eigenvalue weighted by molar-refractivity contribution is -0.123. The predicted octanol–water partition coefficient (Wildman–Crippen LogP) is -0.000200. The average Bonchev–Trinajstić information content (AvgIpc) is 3.09. The molecule has 0 saturated carbocycles. The number of primary amides is 1. The van der Waals surface area contributed by atoms with Gasteiger partial charge in [-0.15, -0.1) is 5.10 Å². The first-order valence-electron chi connectivity index (χ1n) is 7.07. The van der Waals surface area contributed by atoms with Gasteiger partial charge in [-0.3, -0.25) is 9.59 Å². The van der Waals surface area contributed by atoms with Crippen molar-refractivity contribution in [3.05, 3.63) is 36.2 Å². The summed E-state index contributed by atoms with van der Waals surface area (Å²) in [4.78, 5) is 25.5. The molecule has 0 radical (unpaired) electrons. The molecule has 1 aromatic heterocycles. The number of aromatic nitrogens is 4. The van der Waals surface area contributed by atoms with Gasteiger partial charge in [0.05, 0.1) is 5.69 Å². The van der Waals surface area contributed by atoms with Crippen LogP contribution in [0.1, 0.15) is 23.2 Å². The molecular formula is C14H16N6O2. The number of carbonyl (C=O) groups excluding carboxylic acids is 2. The summed E-state index contributed by atoms with van der Waals surface area (Å²) in [6.07, 6.45) is 2.71. The van der Waals surface area contributed by atoms with E-state index in [0.29, 0.717) is 31.5 Å². The second kappa shape index (κ2) is 5.92. The molecule has 2 heterocycles. The number of hydrogen-bond donors (Lipinski definition) is 1. The Labute approximate surface area is 126 Å². The van der Waals surface area contributed by atoms with Crippen LogP contribution in [0.25, 0.3) is 5.69 Å². The molecule has 0 bridgehead atoms. The van der Waals surface area contributed by atoms with Crippen LogP contribution < -0.4 is 5.73 Å². The number of likely N-dealkylation sites (tertiary alicyclic amines) is 1. The van der Waals surface area contributed by atoms with Crippen LogP contribution in [0.15, 0.2) is 30.6 Å². The van der Waals surface area contributed by atoms with E-state index in [1.54, 1.807) is 23.1 Å². The molecule has 8 heteroatoms. The van der Waals surface area contributed by atoms with Crippen molar-refractivity contribution in [2.24, 2.45) is 11.7 Å². The molecule has 0 aliphatic carbocycles. The molecule has 1 aliphatic heterocycles. The van der Waals surface area contributed by atoms with Crippen molar-refractivity contribution in [2.75, 3.05) is 13.1 Å². The van der Waals surface area contributed by atoms with Gasteiger partial charge >= 0.3 is 0 Å². The van der Waals surface area contributed by atoms with Crippen molar-refractivity contribution in [3.8, 4) is 5.69 Å². The highest BCUT2D eigenvalue weighted by atomic mass is 16.2. The maximum absolute atomic E-state index is 12.5. The molecule has 2 aromatic rings. The molecule has 1 aliphatic rings. The predicted molar refractivity (Wildman–Crippen MR) is 77.0 cm³/mol. The third-order valence-electron chi connectivity index (χ3n) is 3.89. The Morgan fingerprint density at radius 2 is 2.00 bits per heavy atom. The Morgan fingerprint density at radius 3 is 2.64 bits per heavy atom. The van der Waals surface area contributed by atoms with Gasteiger partial charge in [0.15, 0.2) is 0 Å². The van der Waals surface area contributed by atoms with Gasteiger partial charge in [0.2, 0.25) is 5.91 Å². The molecule has 1 fully saturated rings. The third-order valence-corrected chi connectivity index (χ3v) is 3.89. The minimum atomic E-state index is -0.284. The fourth-order valence-corrected chi connectivity index (χ4v) is 2.61. The van der Waals surface area contributed by atoms with Gasteiger partial charge in [-0.1, -0.05) is 6.07 Å². The van der Waals surface area contributed by atoms with Crippen molar-refractivity contribution in [2.45, 2.75) is 12.8 Å². The summed E-state index contributed by atoms with van der Waals surface area (Å²) >= 11 is 0. The van der Waals surface area contributed by atoms with Gasteiger partial charge in [0.1, 0.15) is 6.33 Å². The maximum atomic E-state index is 12.5. The molecule has 8 nitrogen and oxygen atoms in total. The molecule has 1 saturated heterocycles. The largest absolute Gasteiger partial charge is 0.369 e. The van der Waals surface area contributed by atoms with E-state index in [9.17, 15) is 9.59 Å². The summed E-state index contributed by atoms with van der Waals surface area (Å²) in [7, 11) is 0. The summed E-state index contributed by atoms with van der Waals surface area (Å²) in [6.45, 7) is 1.09. The minimum absolute atomic E-state index is 0.0576. The van der Waals surface area contributed by atoms with E-state index >= 15 is 0 Å². The van der Waals surface area contributed by atoms with Crippen LogP contribution in [0.5, 0.6) is 0 Å². The van der Waals surface area contributed by atoms with Crippen LogP contribution in [-0.4, -0.2) is 50.0 Å².